The lowest BCUT2D eigenvalue weighted by Crippen LogP contribution is -2.40. The summed E-state index contributed by atoms with van der Waals surface area (Å²) >= 11 is 3.69. The first-order valence-corrected chi connectivity index (χ1v) is 14.0. The number of halogens is 1. The largest absolute Gasteiger partial charge is 0.413 e. The zero-order valence-electron chi connectivity index (χ0n) is 18.4. The van der Waals surface area contributed by atoms with Gasteiger partial charge in [-0.15, -0.1) is 0 Å². The van der Waals surface area contributed by atoms with Crippen LogP contribution in [0.4, 0.5) is 5.69 Å². The number of hydrogen-bond acceptors (Lipinski definition) is 2. The van der Waals surface area contributed by atoms with Crippen LogP contribution in [0.3, 0.4) is 0 Å². The summed E-state index contributed by atoms with van der Waals surface area (Å²) in [5.41, 5.74) is 5.22. The molecule has 3 aromatic rings. The molecule has 0 bridgehead atoms. The van der Waals surface area contributed by atoms with Gasteiger partial charge in [-0.1, -0.05) is 97.4 Å². The molecule has 156 valence electrons. The van der Waals surface area contributed by atoms with E-state index in [-0.39, 0.29) is 5.04 Å². The van der Waals surface area contributed by atoms with Gasteiger partial charge in [-0.05, 0) is 41.9 Å². The Morgan fingerprint density at radius 3 is 1.90 bits per heavy atom. The van der Waals surface area contributed by atoms with Gasteiger partial charge in [0.15, 0.2) is 8.32 Å². The summed E-state index contributed by atoms with van der Waals surface area (Å²) in [6.07, 6.45) is 0. The molecule has 0 unspecified atom stereocenters. The van der Waals surface area contributed by atoms with E-state index in [0.29, 0.717) is 6.61 Å². The Morgan fingerprint density at radius 1 is 0.867 bits per heavy atom. The zero-order chi connectivity index (χ0) is 21.8. The Bertz CT molecular complexity index is 967. The van der Waals surface area contributed by atoms with Gasteiger partial charge in [0.05, 0.1) is 18.0 Å². The Morgan fingerprint density at radius 2 is 1.40 bits per heavy atom. The van der Waals surface area contributed by atoms with Crippen molar-refractivity contribution in [1.82, 2.24) is 0 Å². The van der Waals surface area contributed by atoms with Crippen LogP contribution < -0.4 is 0 Å². The summed E-state index contributed by atoms with van der Waals surface area (Å²) in [6.45, 7) is 12.0. The molecule has 0 N–H and O–H groups in total. The molecule has 0 fully saturated rings. The molecule has 0 aromatic heterocycles. The second kappa shape index (κ2) is 9.42. The van der Waals surface area contributed by atoms with Crippen LogP contribution in [0, 0.1) is 0 Å². The van der Waals surface area contributed by atoms with Crippen LogP contribution in [0.2, 0.25) is 18.1 Å². The second-order valence-electron chi connectivity index (χ2n) is 9.02. The molecule has 0 amide bonds. The van der Waals surface area contributed by atoms with Crippen molar-refractivity contribution < 1.29 is 4.43 Å². The van der Waals surface area contributed by atoms with E-state index in [2.05, 4.69) is 86.2 Å². The van der Waals surface area contributed by atoms with Crippen LogP contribution in [0.25, 0.3) is 0 Å². The maximum atomic E-state index is 6.45. The fourth-order valence-electron chi connectivity index (χ4n) is 2.83. The number of aliphatic imine (C=N–C) groups is 1. The molecule has 0 aliphatic heterocycles. The molecular weight excluding hydrogens is 450 g/mol. The van der Waals surface area contributed by atoms with E-state index in [1.807, 2.05) is 42.5 Å². The van der Waals surface area contributed by atoms with Gasteiger partial charge >= 0.3 is 0 Å². The van der Waals surface area contributed by atoms with Gasteiger partial charge in [-0.25, -0.2) is 4.99 Å². The van der Waals surface area contributed by atoms with Gasteiger partial charge in [0.25, 0.3) is 0 Å². The molecule has 0 aliphatic rings. The van der Waals surface area contributed by atoms with E-state index in [1.165, 1.54) is 0 Å². The van der Waals surface area contributed by atoms with Gasteiger partial charge < -0.3 is 4.43 Å². The summed E-state index contributed by atoms with van der Waals surface area (Å²) < 4.78 is 7.51. The molecule has 2 nitrogen and oxygen atoms in total. The van der Waals surface area contributed by atoms with Crippen LogP contribution in [-0.4, -0.2) is 14.0 Å². The summed E-state index contributed by atoms with van der Waals surface area (Å²) in [4.78, 5) is 5.05. The van der Waals surface area contributed by atoms with Crippen LogP contribution in [0.1, 0.15) is 37.5 Å². The van der Waals surface area contributed by atoms with Crippen molar-refractivity contribution in [3.05, 3.63) is 100 Å². The maximum absolute atomic E-state index is 6.45. The van der Waals surface area contributed by atoms with Gasteiger partial charge in [0.2, 0.25) is 0 Å². The van der Waals surface area contributed by atoms with Crippen LogP contribution in [0.15, 0.2) is 88.3 Å². The van der Waals surface area contributed by atoms with Crippen molar-refractivity contribution in [1.29, 1.82) is 0 Å². The topological polar surface area (TPSA) is 21.6 Å². The van der Waals surface area contributed by atoms with Crippen LogP contribution in [0.5, 0.6) is 0 Å². The van der Waals surface area contributed by atoms with Crippen molar-refractivity contribution in [2.45, 2.75) is 45.5 Å². The monoisotopic (exact) mass is 479 g/mol. The van der Waals surface area contributed by atoms with Crippen molar-refractivity contribution in [2.24, 2.45) is 4.99 Å². The standard InChI is InChI=1S/C26H30BrNOSi/c1-26(2,3)30(4,5)29-19-22-18-23(16-17-24(22)27)28-25(20-12-8-6-9-13-20)21-14-10-7-11-15-21/h6-18H,19H2,1-5H3. The first-order chi connectivity index (χ1) is 14.2. The molecule has 0 saturated heterocycles. The molecule has 0 radical (unpaired) electrons. The van der Waals surface area contributed by atoms with E-state index in [4.69, 9.17) is 9.42 Å². The zero-order valence-corrected chi connectivity index (χ0v) is 21.0. The van der Waals surface area contributed by atoms with E-state index in [0.717, 1.165) is 32.6 Å². The average molecular weight is 481 g/mol. The molecule has 0 aliphatic carbocycles. The first-order valence-electron chi connectivity index (χ1n) is 10.3. The van der Waals surface area contributed by atoms with Crippen LogP contribution in [-0.2, 0) is 11.0 Å². The van der Waals surface area contributed by atoms with Gasteiger partial charge in [-0.3, -0.25) is 0 Å². The molecule has 30 heavy (non-hydrogen) atoms. The molecule has 3 aromatic carbocycles. The summed E-state index contributed by atoms with van der Waals surface area (Å²) in [5.74, 6) is 0. The third-order valence-electron chi connectivity index (χ3n) is 5.76. The highest BCUT2D eigenvalue weighted by molar-refractivity contribution is 9.10. The molecular formula is C26H30BrNOSi. The Labute approximate surface area is 190 Å². The van der Waals surface area contributed by atoms with Crippen molar-refractivity contribution in [2.75, 3.05) is 0 Å². The molecule has 3 rings (SSSR count). The quantitative estimate of drug-likeness (QED) is 0.258. The lowest BCUT2D eigenvalue weighted by molar-refractivity contribution is 0.276. The minimum absolute atomic E-state index is 0.184. The predicted octanol–water partition coefficient (Wildman–Crippen LogP) is 8.14. The third kappa shape index (κ3) is 5.57. The third-order valence-corrected chi connectivity index (χ3v) is 11.0. The second-order valence-corrected chi connectivity index (χ2v) is 14.7. The summed E-state index contributed by atoms with van der Waals surface area (Å²) in [6, 6.07) is 26.9. The van der Waals surface area contributed by atoms with E-state index >= 15 is 0 Å². The molecule has 0 saturated carbocycles. The van der Waals surface area contributed by atoms with Gasteiger partial charge in [-0.2, -0.15) is 0 Å². The molecule has 4 heteroatoms. The van der Waals surface area contributed by atoms with Crippen LogP contribution >= 0.6 is 15.9 Å². The summed E-state index contributed by atoms with van der Waals surface area (Å²) in [7, 11) is -1.82. The molecule has 0 spiro atoms. The Kier molecular flexibility index (Phi) is 7.12. The smallest absolute Gasteiger partial charge is 0.192 e. The lowest BCUT2D eigenvalue weighted by atomic mass is 10.0. The van der Waals surface area contributed by atoms with E-state index in [1.54, 1.807) is 0 Å². The molecule has 0 heterocycles. The number of rotatable bonds is 6. The fraction of sp³-hybridized carbons (Fsp3) is 0.269. The highest BCUT2D eigenvalue weighted by Crippen LogP contribution is 2.37. The number of nitrogens with zero attached hydrogens (tertiary/aromatic N) is 1. The average Bonchev–Trinajstić information content (AvgIpc) is 2.72. The van der Waals surface area contributed by atoms with Gasteiger partial charge in [0, 0.05) is 15.6 Å². The number of benzene rings is 3. The highest BCUT2D eigenvalue weighted by atomic mass is 79.9. The number of hydrogen-bond donors (Lipinski definition) is 0. The fourth-order valence-corrected chi connectivity index (χ4v) is 4.14. The van der Waals surface area contributed by atoms with Gasteiger partial charge in [0.1, 0.15) is 0 Å². The lowest BCUT2D eigenvalue weighted by Gasteiger charge is -2.36. The summed E-state index contributed by atoms with van der Waals surface area (Å²) in [5, 5.41) is 0.184. The van der Waals surface area contributed by atoms with Crippen molar-refractivity contribution in [3.63, 3.8) is 0 Å². The maximum Gasteiger partial charge on any atom is 0.192 e. The van der Waals surface area contributed by atoms with Crippen molar-refractivity contribution in [3.8, 4) is 0 Å². The van der Waals surface area contributed by atoms with E-state index in [9.17, 15) is 0 Å². The highest BCUT2D eigenvalue weighted by Gasteiger charge is 2.37. The minimum Gasteiger partial charge on any atom is -0.413 e. The van der Waals surface area contributed by atoms with Crippen molar-refractivity contribution >= 4 is 35.6 Å². The normalized spacial score (nSPS) is 11.9. The van der Waals surface area contributed by atoms with E-state index < -0.39 is 8.32 Å². The Balaban J connectivity index is 1.96. The first kappa shape index (κ1) is 22.7. The predicted molar refractivity (Wildman–Crippen MR) is 134 cm³/mol. The Hall–Kier alpha value is -2.01. The minimum atomic E-state index is -1.82. The SMILES string of the molecule is CC(C)(C)[Si](C)(C)OCc1cc(N=C(c2ccccc2)c2ccccc2)ccc1Br. The molecule has 0 atom stereocenters.